The highest BCUT2D eigenvalue weighted by atomic mass is 15.1. The molecule has 0 bridgehead atoms. The van der Waals surface area contributed by atoms with Gasteiger partial charge in [-0.3, -0.25) is 0 Å². The van der Waals surface area contributed by atoms with Crippen LogP contribution in [-0.4, -0.2) is 0 Å². The highest BCUT2D eigenvalue weighted by Crippen LogP contribution is 2.46. The van der Waals surface area contributed by atoms with Crippen LogP contribution < -0.4 is 4.90 Å². The molecule has 0 spiro atoms. The van der Waals surface area contributed by atoms with Crippen molar-refractivity contribution in [2.75, 3.05) is 4.90 Å². The molecular weight excluding hydrogens is 783 g/mol. The van der Waals surface area contributed by atoms with E-state index in [0.717, 1.165) is 28.2 Å². The summed E-state index contributed by atoms with van der Waals surface area (Å²) in [7, 11) is 0. The van der Waals surface area contributed by atoms with E-state index in [1.165, 1.54) is 87.6 Å². The van der Waals surface area contributed by atoms with Gasteiger partial charge >= 0.3 is 0 Å². The summed E-state index contributed by atoms with van der Waals surface area (Å²) in [6, 6.07) is 95.3. The van der Waals surface area contributed by atoms with Gasteiger partial charge in [0.05, 0.1) is 5.69 Å². The minimum atomic E-state index is 1.08. The summed E-state index contributed by atoms with van der Waals surface area (Å²) in [6.07, 6.45) is 0. The molecule has 0 aliphatic heterocycles. The summed E-state index contributed by atoms with van der Waals surface area (Å²) in [4.78, 5) is 2.44. The Kier molecular flexibility index (Phi) is 9.58. The van der Waals surface area contributed by atoms with E-state index in [4.69, 9.17) is 0 Å². The van der Waals surface area contributed by atoms with Crippen LogP contribution in [0.4, 0.5) is 17.1 Å². The zero-order valence-electron chi connectivity index (χ0n) is 35.8. The van der Waals surface area contributed by atoms with Gasteiger partial charge in [-0.1, -0.05) is 218 Å². The molecule has 12 aromatic carbocycles. The zero-order chi connectivity index (χ0) is 43.1. The van der Waals surface area contributed by atoms with Crippen LogP contribution in [0.3, 0.4) is 0 Å². The summed E-state index contributed by atoms with van der Waals surface area (Å²) in [5, 5.41) is 10.0. The normalized spacial score (nSPS) is 11.4. The molecule has 65 heavy (non-hydrogen) atoms. The summed E-state index contributed by atoms with van der Waals surface area (Å²) in [5.74, 6) is 0. The van der Waals surface area contributed by atoms with Gasteiger partial charge in [0.2, 0.25) is 0 Å². The molecule has 0 aliphatic carbocycles. The standard InChI is InChI=1S/C64H43N/c1-3-15-44(16-4-1)45-27-29-46(30-28-45)47-31-36-53(37-32-47)65(54-38-33-49(34-39-54)62-41-50-19-7-9-21-55(50)58-23-11-13-25-60(58)62)64-43-52(35-40-57(64)48-17-5-2-6-18-48)63-42-51-20-8-10-22-56(51)59-24-12-14-26-61(59)63/h1-43H. The van der Waals surface area contributed by atoms with E-state index in [1.54, 1.807) is 0 Å². The Balaban J connectivity index is 1.04. The van der Waals surface area contributed by atoms with Gasteiger partial charge in [-0.2, -0.15) is 0 Å². The number of benzene rings is 12. The number of rotatable bonds is 8. The van der Waals surface area contributed by atoms with Crippen molar-refractivity contribution in [1.82, 2.24) is 0 Å². The van der Waals surface area contributed by atoms with Crippen molar-refractivity contribution in [1.29, 1.82) is 0 Å². The fourth-order valence-electron chi connectivity index (χ4n) is 9.84. The first kappa shape index (κ1) is 38.2. The van der Waals surface area contributed by atoms with E-state index in [-0.39, 0.29) is 0 Å². The predicted molar refractivity (Wildman–Crippen MR) is 278 cm³/mol. The molecule has 12 aromatic rings. The molecule has 0 aliphatic rings. The third-order valence-corrected chi connectivity index (χ3v) is 13.1. The van der Waals surface area contributed by atoms with Crippen molar-refractivity contribution in [3.8, 4) is 55.6 Å². The van der Waals surface area contributed by atoms with E-state index in [0.29, 0.717) is 0 Å². The highest BCUT2D eigenvalue weighted by Gasteiger charge is 2.21. The molecule has 0 radical (unpaired) electrons. The Bertz CT molecular complexity index is 3670. The van der Waals surface area contributed by atoms with E-state index in [9.17, 15) is 0 Å². The molecule has 0 fully saturated rings. The zero-order valence-corrected chi connectivity index (χ0v) is 35.8. The summed E-state index contributed by atoms with van der Waals surface area (Å²) in [5.41, 5.74) is 15.2. The van der Waals surface area contributed by atoms with Crippen LogP contribution in [0.5, 0.6) is 0 Å². The monoisotopic (exact) mass is 825 g/mol. The SMILES string of the molecule is c1ccc(-c2ccc(-c3ccc(N(c4ccc(-c5cc6ccccc6c6ccccc56)cc4)c4cc(-c5cc6ccccc6c6ccccc56)ccc4-c4ccccc4)cc3)cc2)cc1. The number of nitrogens with zero attached hydrogens (tertiary/aromatic N) is 1. The van der Waals surface area contributed by atoms with E-state index >= 15 is 0 Å². The quantitative estimate of drug-likeness (QED) is 0.138. The average Bonchev–Trinajstić information content (AvgIpc) is 3.39. The molecule has 1 heteroatoms. The van der Waals surface area contributed by atoms with Crippen LogP contribution in [-0.2, 0) is 0 Å². The average molecular weight is 826 g/mol. The van der Waals surface area contributed by atoms with Crippen LogP contribution in [0.2, 0.25) is 0 Å². The highest BCUT2D eigenvalue weighted by molar-refractivity contribution is 6.15. The lowest BCUT2D eigenvalue weighted by Gasteiger charge is -2.29. The van der Waals surface area contributed by atoms with Gasteiger partial charge in [0.15, 0.2) is 0 Å². The Morgan fingerprint density at radius 3 is 1.05 bits per heavy atom. The van der Waals surface area contributed by atoms with Gasteiger partial charge < -0.3 is 4.90 Å². The smallest absolute Gasteiger partial charge is 0.0546 e. The molecule has 304 valence electrons. The summed E-state index contributed by atoms with van der Waals surface area (Å²) in [6.45, 7) is 0. The van der Waals surface area contributed by atoms with Crippen LogP contribution in [0.15, 0.2) is 261 Å². The number of fused-ring (bicyclic) bond motifs is 6. The fourth-order valence-corrected chi connectivity index (χ4v) is 9.84. The summed E-state index contributed by atoms with van der Waals surface area (Å²) < 4.78 is 0. The number of hydrogen-bond donors (Lipinski definition) is 0. The number of anilines is 3. The topological polar surface area (TPSA) is 3.24 Å². The molecule has 0 atom stereocenters. The molecule has 0 saturated heterocycles. The third-order valence-electron chi connectivity index (χ3n) is 13.1. The van der Waals surface area contributed by atoms with Crippen molar-refractivity contribution < 1.29 is 0 Å². The first-order valence-electron chi connectivity index (χ1n) is 22.4. The van der Waals surface area contributed by atoms with Crippen LogP contribution in [0, 0.1) is 0 Å². The molecule has 0 saturated carbocycles. The predicted octanol–water partition coefficient (Wildman–Crippen LogP) is 18.1. The largest absolute Gasteiger partial charge is 0.310 e. The van der Waals surface area contributed by atoms with Gasteiger partial charge in [-0.25, -0.2) is 0 Å². The maximum atomic E-state index is 2.44. The Morgan fingerprint density at radius 1 is 0.200 bits per heavy atom. The molecule has 0 heterocycles. The second-order valence-corrected chi connectivity index (χ2v) is 16.9. The molecule has 0 unspecified atom stereocenters. The lowest BCUT2D eigenvalue weighted by Crippen LogP contribution is -2.11. The van der Waals surface area contributed by atoms with E-state index in [1.807, 2.05) is 0 Å². The van der Waals surface area contributed by atoms with E-state index < -0.39 is 0 Å². The van der Waals surface area contributed by atoms with Gasteiger partial charge in [-0.05, 0) is 136 Å². The molecule has 0 amide bonds. The molecule has 12 rings (SSSR count). The van der Waals surface area contributed by atoms with Crippen molar-refractivity contribution in [2.45, 2.75) is 0 Å². The minimum absolute atomic E-state index is 1.08. The van der Waals surface area contributed by atoms with Gasteiger partial charge in [0.25, 0.3) is 0 Å². The summed E-state index contributed by atoms with van der Waals surface area (Å²) >= 11 is 0. The molecular formula is C64H43N. The first-order valence-corrected chi connectivity index (χ1v) is 22.4. The lowest BCUT2D eigenvalue weighted by molar-refractivity contribution is 1.28. The number of hydrogen-bond acceptors (Lipinski definition) is 1. The van der Waals surface area contributed by atoms with Gasteiger partial charge in [-0.15, -0.1) is 0 Å². The van der Waals surface area contributed by atoms with Crippen LogP contribution in [0.25, 0.3) is 98.7 Å². The maximum absolute atomic E-state index is 2.44. The molecule has 0 aromatic heterocycles. The van der Waals surface area contributed by atoms with Gasteiger partial charge in [0, 0.05) is 16.9 Å². The van der Waals surface area contributed by atoms with Crippen LogP contribution in [0.1, 0.15) is 0 Å². The molecule has 0 N–H and O–H groups in total. The van der Waals surface area contributed by atoms with E-state index in [2.05, 4.69) is 266 Å². The van der Waals surface area contributed by atoms with Crippen molar-refractivity contribution in [3.05, 3.63) is 261 Å². The Morgan fingerprint density at radius 2 is 0.538 bits per heavy atom. The molecule has 1 nitrogen and oxygen atoms in total. The van der Waals surface area contributed by atoms with Gasteiger partial charge in [0.1, 0.15) is 0 Å². The Labute approximate surface area is 379 Å². The Hall–Kier alpha value is -8.52. The second-order valence-electron chi connectivity index (χ2n) is 16.9. The minimum Gasteiger partial charge on any atom is -0.310 e. The first-order chi connectivity index (χ1) is 32.2. The lowest BCUT2D eigenvalue weighted by atomic mass is 9.91. The third kappa shape index (κ3) is 7.01. The van der Waals surface area contributed by atoms with Crippen molar-refractivity contribution in [2.24, 2.45) is 0 Å². The maximum Gasteiger partial charge on any atom is 0.0546 e. The van der Waals surface area contributed by atoms with Crippen molar-refractivity contribution in [3.63, 3.8) is 0 Å². The van der Waals surface area contributed by atoms with Crippen LogP contribution >= 0.6 is 0 Å². The second kappa shape index (κ2) is 16.3. The fraction of sp³-hybridized carbons (Fsp3) is 0. The van der Waals surface area contributed by atoms with Crippen molar-refractivity contribution >= 4 is 60.2 Å².